The fourth-order valence-corrected chi connectivity index (χ4v) is 3.51. The Bertz CT molecular complexity index is 647. The third-order valence-corrected chi connectivity index (χ3v) is 4.59. The molecule has 0 aromatic heterocycles. The van der Waals surface area contributed by atoms with Crippen LogP contribution in [0, 0.1) is 0 Å². The summed E-state index contributed by atoms with van der Waals surface area (Å²) in [6, 6.07) is 0.0791. The van der Waals surface area contributed by atoms with Crippen LogP contribution in [0.3, 0.4) is 0 Å². The van der Waals surface area contributed by atoms with Crippen LogP contribution in [0.5, 0.6) is 0 Å². The molecule has 2 atom stereocenters. The van der Waals surface area contributed by atoms with Gasteiger partial charge in [-0.15, -0.1) is 0 Å². The molecule has 1 saturated heterocycles. The number of nitrogens with one attached hydrogen (secondary N) is 1. The molecule has 0 aromatic carbocycles. The largest absolute Gasteiger partial charge is 0.444 e. The van der Waals surface area contributed by atoms with Gasteiger partial charge in [-0.25, -0.2) is 4.79 Å². The van der Waals surface area contributed by atoms with E-state index in [1.165, 1.54) is 0 Å². The van der Waals surface area contributed by atoms with E-state index in [9.17, 15) is 9.59 Å². The van der Waals surface area contributed by atoms with Crippen molar-refractivity contribution in [3.05, 3.63) is 35.6 Å². The molecule has 1 heterocycles. The average Bonchev–Trinajstić information content (AvgIpc) is 2.55. The van der Waals surface area contributed by atoms with Gasteiger partial charge in [-0.2, -0.15) is 0 Å². The molecule has 0 bridgehead atoms. The highest BCUT2D eigenvalue weighted by molar-refractivity contribution is 5.78. The molecule has 29 heavy (non-hydrogen) atoms. The lowest BCUT2D eigenvalue weighted by molar-refractivity contribution is -0.121. The number of hydrogen-bond donors (Lipinski definition) is 1. The van der Waals surface area contributed by atoms with Crippen LogP contribution >= 0.6 is 0 Å². The van der Waals surface area contributed by atoms with Crippen molar-refractivity contribution >= 4 is 12.0 Å². The maximum absolute atomic E-state index is 12.5. The molecule has 0 aromatic rings. The second-order valence-corrected chi connectivity index (χ2v) is 8.91. The van der Waals surface area contributed by atoms with E-state index in [1.54, 1.807) is 0 Å². The molecule has 1 aliphatic rings. The summed E-state index contributed by atoms with van der Waals surface area (Å²) in [5.41, 5.74) is 1.42. The molecule has 6 heteroatoms. The van der Waals surface area contributed by atoms with E-state index in [0.29, 0.717) is 13.0 Å². The van der Waals surface area contributed by atoms with Gasteiger partial charge in [0.05, 0.1) is 0 Å². The lowest BCUT2D eigenvalue weighted by Crippen LogP contribution is -2.59. The summed E-state index contributed by atoms with van der Waals surface area (Å²) in [5, 5.41) is 2.95. The molecule has 2 amide bonds. The second kappa shape index (κ2) is 11.2. The summed E-state index contributed by atoms with van der Waals surface area (Å²) < 4.78 is 5.54. The molecule has 0 aliphatic carbocycles. The van der Waals surface area contributed by atoms with Gasteiger partial charge in [0.15, 0.2) is 0 Å². The Labute approximate surface area is 176 Å². The minimum Gasteiger partial charge on any atom is -0.444 e. The van der Waals surface area contributed by atoms with Crippen LogP contribution in [0.2, 0.25) is 0 Å². The normalized spacial score (nSPS) is 22.1. The fourth-order valence-electron chi connectivity index (χ4n) is 3.51. The van der Waals surface area contributed by atoms with Gasteiger partial charge < -0.3 is 15.0 Å². The summed E-state index contributed by atoms with van der Waals surface area (Å²) in [4.78, 5) is 28.8. The maximum atomic E-state index is 12.5. The van der Waals surface area contributed by atoms with Crippen LogP contribution < -0.4 is 5.32 Å². The minimum absolute atomic E-state index is 0.00691. The number of rotatable bonds is 6. The van der Waals surface area contributed by atoms with Crippen molar-refractivity contribution in [3.63, 3.8) is 0 Å². The number of hydrogen-bond acceptors (Lipinski definition) is 4. The van der Waals surface area contributed by atoms with E-state index >= 15 is 0 Å². The maximum Gasteiger partial charge on any atom is 0.410 e. The second-order valence-electron chi connectivity index (χ2n) is 8.91. The number of piperazine rings is 1. The van der Waals surface area contributed by atoms with Crippen molar-refractivity contribution < 1.29 is 14.3 Å². The first-order valence-electron chi connectivity index (χ1n) is 10.4. The van der Waals surface area contributed by atoms with Crippen molar-refractivity contribution in [3.8, 4) is 0 Å². The van der Waals surface area contributed by atoms with Crippen molar-refractivity contribution in [2.75, 3.05) is 19.6 Å². The predicted molar refractivity (Wildman–Crippen MR) is 119 cm³/mol. The number of allylic oxidation sites excluding steroid dienone is 6. The number of carbonyl (C=O) groups excluding carboxylic acids is 2. The highest BCUT2D eigenvalue weighted by Gasteiger charge is 2.35. The lowest BCUT2D eigenvalue weighted by atomic mass is 10.1. The van der Waals surface area contributed by atoms with E-state index in [0.717, 1.165) is 24.4 Å². The summed E-state index contributed by atoms with van der Waals surface area (Å²) in [7, 11) is 0. The molecule has 0 saturated carbocycles. The molecular weight excluding hydrogens is 366 g/mol. The molecular formula is C23H39N3O3. The van der Waals surface area contributed by atoms with Crippen LogP contribution in [0.25, 0.3) is 0 Å². The van der Waals surface area contributed by atoms with Gasteiger partial charge in [0.2, 0.25) is 5.91 Å². The van der Waals surface area contributed by atoms with Gasteiger partial charge in [0.25, 0.3) is 0 Å². The summed E-state index contributed by atoms with van der Waals surface area (Å²) in [6.45, 7) is 17.7. The monoisotopic (exact) mass is 405 g/mol. The van der Waals surface area contributed by atoms with Gasteiger partial charge in [0, 0.05) is 43.8 Å². The van der Waals surface area contributed by atoms with E-state index in [2.05, 4.69) is 10.2 Å². The predicted octanol–water partition coefficient (Wildman–Crippen LogP) is 4.25. The van der Waals surface area contributed by atoms with Crippen LogP contribution in [-0.4, -0.2) is 59.1 Å². The first-order chi connectivity index (χ1) is 13.4. The Hall–Kier alpha value is -2.08. The number of nitrogens with zero attached hydrogens (tertiary/aromatic N) is 2. The minimum atomic E-state index is -0.502. The molecule has 0 spiro atoms. The molecule has 0 radical (unpaired) electrons. The third kappa shape index (κ3) is 9.31. The summed E-state index contributed by atoms with van der Waals surface area (Å²) in [5.74, 6) is 0.00691. The zero-order chi connectivity index (χ0) is 22.2. The molecule has 2 unspecified atom stereocenters. The number of ether oxygens (including phenoxy) is 1. The molecule has 1 N–H and O–H groups in total. The highest BCUT2D eigenvalue weighted by atomic mass is 16.6. The third-order valence-electron chi connectivity index (χ3n) is 4.59. The first kappa shape index (κ1) is 25.0. The van der Waals surface area contributed by atoms with Crippen LogP contribution in [0.4, 0.5) is 4.79 Å². The van der Waals surface area contributed by atoms with Gasteiger partial charge in [-0.05, 0) is 67.0 Å². The van der Waals surface area contributed by atoms with Gasteiger partial charge in [-0.1, -0.05) is 18.2 Å². The zero-order valence-electron chi connectivity index (χ0n) is 19.4. The molecule has 1 rings (SSSR count). The quantitative estimate of drug-likeness (QED) is 0.671. The Balaban J connectivity index is 2.53. The first-order valence-corrected chi connectivity index (χ1v) is 10.4. The van der Waals surface area contributed by atoms with Crippen LogP contribution in [0.15, 0.2) is 35.6 Å². The topological polar surface area (TPSA) is 61.9 Å². The molecule has 164 valence electrons. The number of carbonyl (C=O) groups is 2. The molecule has 6 nitrogen and oxygen atoms in total. The van der Waals surface area contributed by atoms with E-state index < -0.39 is 5.60 Å². The lowest BCUT2D eigenvalue weighted by Gasteiger charge is -2.44. The molecule has 1 fully saturated rings. The Morgan fingerprint density at radius 3 is 2.24 bits per heavy atom. The Morgan fingerprint density at radius 2 is 1.72 bits per heavy atom. The van der Waals surface area contributed by atoms with Gasteiger partial charge >= 0.3 is 6.09 Å². The van der Waals surface area contributed by atoms with E-state index in [1.807, 2.05) is 84.6 Å². The van der Waals surface area contributed by atoms with Crippen LogP contribution in [-0.2, 0) is 9.53 Å². The van der Waals surface area contributed by atoms with Gasteiger partial charge in [-0.3, -0.25) is 9.69 Å². The fraction of sp³-hybridized carbons (Fsp3) is 0.652. The van der Waals surface area contributed by atoms with E-state index in [4.69, 9.17) is 4.74 Å². The number of amides is 2. The Kier molecular flexibility index (Phi) is 9.63. The molecule has 1 aliphatic heterocycles. The van der Waals surface area contributed by atoms with Gasteiger partial charge in [0.1, 0.15) is 5.60 Å². The summed E-state index contributed by atoms with van der Waals surface area (Å²) in [6.07, 6.45) is 8.06. The average molecular weight is 406 g/mol. The SMILES string of the molecule is C\C=C/C=C(C)\C=C(/C)NC(=O)CCN1CC(C)N(C(=O)OC(C)(C)C)C(C)C1. The zero-order valence-corrected chi connectivity index (χ0v) is 19.4. The highest BCUT2D eigenvalue weighted by Crippen LogP contribution is 2.20. The summed E-state index contributed by atoms with van der Waals surface area (Å²) >= 11 is 0. The van der Waals surface area contributed by atoms with Crippen molar-refractivity contribution in [2.24, 2.45) is 0 Å². The standard InChI is InChI=1S/C23H39N3O3/c1-9-10-11-17(2)14-18(3)24-21(27)12-13-25-15-19(4)26(20(5)16-25)22(28)29-23(6,7)8/h9-11,14,19-20H,12-13,15-16H2,1-8H3,(H,24,27)/b10-9-,17-11-,18-14+. The van der Waals surface area contributed by atoms with Crippen molar-refractivity contribution in [1.29, 1.82) is 0 Å². The van der Waals surface area contributed by atoms with E-state index in [-0.39, 0.29) is 24.1 Å². The van der Waals surface area contributed by atoms with Crippen molar-refractivity contribution in [1.82, 2.24) is 15.1 Å². The smallest absolute Gasteiger partial charge is 0.410 e. The Morgan fingerprint density at radius 1 is 1.14 bits per heavy atom. The van der Waals surface area contributed by atoms with Crippen LogP contribution in [0.1, 0.15) is 61.8 Å². The van der Waals surface area contributed by atoms with Crippen molar-refractivity contribution in [2.45, 2.75) is 79.5 Å².